The van der Waals surface area contributed by atoms with Crippen molar-refractivity contribution in [2.45, 2.75) is 26.3 Å². The molecule has 1 rings (SSSR count). The molecule has 0 aliphatic heterocycles. The third kappa shape index (κ3) is 3.28. The van der Waals surface area contributed by atoms with Crippen molar-refractivity contribution in [2.24, 2.45) is 0 Å². The molecule has 1 unspecified atom stereocenters. The lowest BCUT2D eigenvalue weighted by Gasteiger charge is -2.23. The molecule has 0 saturated carbocycles. The molecule has 8 nitrogen and oxygen atoms in total. The largest absolute Gasteiger partial charge is 0.364 e. The number of anilines is 2. The molecule has 19 heavy (non-hydrogen) atoms. The van der Waals surface area contributed by atoms with E-state index in [9.17, 15) is 10.1 Å². The van der Waals surface area contributed by atoms with Gasteiger partial charge >= 0.3 is 5.69 Å². The molecule has 0 spiro atoms. The molecule has 0 aliphatic rings. The van der Waals surface area contributed by atoms with Gasteiger partial charge in [-0.3, -0.25) is 10.1 Å². The Hall–Kier alpha value is -2.43. The van der Waals surface area contributed by atoms with E-state index in [1.165, 1.54) is 6.33 Å². The first kappa shape index (κ1) is 14.6. The topological polar surface area (TPSA) is 108 Å². The molecule has 0 radical (unpaired) electrons. The van der Waals surface area contributed by atoms with E-state index in [0.717, 1.165) is 0 Å². The number of nitriles is 1. The van der Waals surface area contributed by atoms with Crippen LogP contribution in [-0.4, -0.2) is 34.5 Å². The lowest BCUT2D eigenvalue weighted by atomic mass is 10.2. The lowest BCUT2D eigenvalue weighted by molar-refractivity contribution is -0.383. The Morgan fingerprint density at radius 3 is 2.84 bits per heavy atom. The van der Waals surface area contributed by atoms with Gasteiger partial charge in [-0.1, -0.05) is 0 Å². The molecule has 1 heterocycles. The predicted octanol–water partition coefficient (Wildman–Crippen LogP) is 1.55. The van der Waals surface area contributed by atoms with E-state index in [-0.39, 0.29) is 29.8 Å². The van der Waals surface area contributed by atoms with Gasteiger partial charge in [-0.25, -0.2) is 9.97 Å². The summed E-state index contributed by atoms with van der Waals surface area (Å²) in [5.41, 5.74) is -0.170. The maximum Gasteiger partial charge on any atom is 0.353 e. The van der Waals surface area contributed by atoms with Gasteiger partial charge in [-0.05, 0) is 13.8 Å². The van der Waals surface area contributed by atoms with E-state index in [4.69, 9.17) is 5.26 Å². The second kappa shape index (κ2) is 6.49. The second-order valence-corrected chi connectivity index (χ2v) is 4.00. The average Bonchev–Trinajstić information content (AvgIpc) is 2.38. The predicted molar refractivity (Wildman–Crippen MR) is 70.9 cm³/mol. The van der Waals surface area contributed by atoms with Crippen LogP contribution in [0.15, 0.2) is 6.33 Å². The van der Waals surface area contributed by atoms with E-state index < -0.39 is 4.92 Å². The Kier molecular flexibility index (Phi) is 5.00. The number of aromatic nitrogens is 2. The molecule has 0 bridgehead atoms. The molecule has 1 N–H and O–H groups in total. The average molecular weight is 264 g/mol. The number of nitrogens with zero attached hydrogens (tertiary/aromatic N) is 5. The zero-order chi connectivity index (χ0) is 14.4. The van der Waals surface area contributed by atoms with E-state index in [1.807, 2.05) is 19.9 Å². The Morgan fingerprint density at radius 1 is 1.63 bits per heavy atom. The third-order valence-corrected chi connectivity index (χ3v) is 2.71. The summed E-state index contributed by atoms with van der Waals surface area (Å²) < 4.78 is 0. The van der Waals surface area contributed by atoms with Gasteiger partial charge in [0.05, 0.1) is 17.4 Å². The maximum absolute atomic E-state index is 11.2. The summed E-state index contributed by atoms with van der Waals surface area (Å²) in [7, 11) is 1.67. The molecule has 1 aromatic heterocycles. The van der Waals surface area contributed by atoms with Gasteiger partial charge in [0, 0.05) is 19.6 Å². The van der Waals surface area contributed by atoms with Crippen LogP contribution < -0.4 is 10.2 Å². The van der Waals surface area contributed by atoms with E-state index >= 15 is 0 Å². The normalized spacial score (nSPS) is 11.5. The SMILES string of the molecule is CCNc1ncnc(N(C)C(C)CC#N)c1[N+](=O)[O-]. The van der Waals surface area contributed by atoms with Crippen LogP contribution in [0.2, 0.25) is 0 Å². The van der Waals surface area contributed by atoms with Crippen molar-refractivity contribution < 1.29 is 4.92 Å². The Bertz CT molecular complexity index is 498. The minimum Gasteiger partial charge on any atom is -0.364 e. The van der Waals surface area contributed by atoms with Crippen molar-refractivity contribution in [3.05, 3.63) is 16.4 Å². The smallest absolute Gasteiger partial charge is 0.353 e. The molecule has 0 aromatic carbocycles. The van der Waals surface area contributed by atoms with Crippen LogP contribution in [0.4, 0.5) is 17.3 Å². The fourth-order valence-corrected chi connectivity index (χ4v) is 1.57. The quantitative estimate of drug-likeness (QED) is 0.613. The molecule has 0 aliphatic carbocycles. The van der Waals surface area contributed by atoms with Gasteiger partial charge in [0.2, 0.25) is 11.6 Å². The minimum atomic E-state index is -0.511. The summed E-state index contributed by atoms with van der Waals surface area (Å²) in [4.78, 5) is 20.2. The highest BCUT2D eigenvalue weighted by molar-refractivity contribution is 5.70. The summed E-state index contributed by atoms with van der Waals surface area (Å²) in [6.45, 7) is 4.16. The van der Waals surface area contributed by atoms with Crippen LogP contribution >= 0.6 is 0 Å². The second-order valence-electron chi connectivity index (χ2n) is 4.00. The van der Waals surface area contributed by atoms with Crippen LogP contribution in [0.3, 0.4) is 0 Å². The van der Waals surface area contributed by atoms with E-state index in [2.05, 4.69) is 15.3 Å². The van der Waals surface area contributed by atoms with Crippen molar-refractivity contribution in [2.75, 3.05) is 23.8 Å². The highest BCUT2D eigenvalue weighted by atomic mass is 16.6. The zero-order valence-electron chi connectivity index (χ0n) is 11.1. The van der Waals surface area contributed by atoms with Crippen LogP contribution in [0, 0.1) is 21.4 Å². The van der Waals surface area contributed by atoms with Gasteiger partial charge in [-0.2, -0.15) is 5.26 Å². The highest BCUT2D eigenvalue weighted by Crippen LogP contribution is 2.32. The number of hydrogen-bond acceptors (Lipinski definition) is 7. The van der Waals surface area contributed by atoms with Gasteiger partial charge in [0.15, 0.2) is 0 Å². The molecule has 102 valence electrons. The summed E-state index contributed by atoms with van der Waals surface area (Å²) in [6, 6.07) is 1.86. The van der Waals surface area contributed by atoms with Crippen LogP contribution in [0.25, 0.3) is 0 Å². The van der Waals surface area contributed by atoms with Gasteiger partial charge in [0.1, 0.15) is 6.33 Å². The van der Waals surface area contributed by atoms with Gasteiger partial charge in [0.25, 0.3) is 0 Å². The van der Waals surface area contributed by atoms with Crippen molar-refractivity contribution in [3.8, 4) is 6.07 Å². The van der Waals surface area contributed by atoms with Gasteiger partial charge in [-0.15, -0.1) is 0 Å². The standard InChI is InChI=1S/C11H16N6O2/c1-4-13-10-9(17(18)19)11(15-7-14-10)16(3)8(2)5-6-12/h7-8H,4-5H2,1-3H3,(H,13,14,15). The van der Waals surface area contributed by atoms with Crippen LogP contribution in [0.1, 0.15) is 20.3 Å². The first-order valence-corrected chi connectivity index (χ1v) is 5.85. The monoisotopic (exact) mass is 264 g/mol. The first-order valence-electron chi connectivity index (χ1n) is 5.85. The molecule has 1 aromatic rings. The van der Waals surface area contributed by atoms with E-state index in [0.29, 0.717) is 6.54 Å². The number of nitro groups is 1. The minimum absolute atomic E-state index is 0.170. The van der Waals surface area contributed by atoms with Crippen molar-refractivity contribution in [3.63, 3.8) is 0 Å². The molecule has 0 saturated heterocycles. The molecule has 8 heteroatoms. The number of nitrogens with one attached hydrogen (secondary N) is 1. The number of hydrogen-bond donors (Lipinski definition) is 1. The van der Waals surface area contributed by atoms with Crippen molar-refractivity contribution in [1.29, 1.82) is 5.26 Å². The van der Waals surface area contributed by atoms with E-state index in [1.54, 1.807) is 11.9 Å². The summed E-state index contributed by atoms with van der Waals surface area (Å²) >= 11 is 0. The first-order chi connectivity index (χ1) is 9.02. The lowest BCUT2D eigenvalue weighted by Crippen LogP contribution is -2.30. The summed E-state index contributed by atoms with van der Waals surface area (Å²) in [5.74, 6) is 0.396. The summed E-state index contributed by atoms with van der Waals surface area (Å²) in [6.07, 6.45) is 1.53. The summed E-state index contributed by atoms with van der Waals surface area (Å²) in [5, 5.41) is 22.7. The van der Waals surface area contributed by atoms with Crippen LogP contribution in [0.5, 0.6) is 0 Å². The Morgan fingerprint density at radius 2 is 2.32 bits per heavy atom. The van der Waals surface area contributed by atoms with Crippen molar-refractivity contribution in [1.82, 2.24) is 9.97 Å². The Balaban J connectivity index is 3.23. The van der Waals surface area contributed by atoms with Crippen molar-refractivity contribution >= 4 is 17.3 Å². The Labute approximate surface area is 111 Å². The molecular weight excluding hydrogens is 248 g/mol. The fourth-order valence-electron chi connectivity index (χ4n) is 1.57. The molecule has 0 fully saturated rings. The zero-order valence-corrected chi connectivity index (χ0v) is 11.1. The fraction of sp³-hybridized carbons (Fsp3) is 0.545. The molecule has 0 amide bonds. The maximum atomic E-state index is 11.2. The molecule has 1 atom stereocenters. The highest BCUT2D eigenvalue weighted by Gasteiger charge is 2.27. The third-order valence-electron chi connectivity index (χ3n) is 2.71. The molecular formula is C11H16N6O2. The van der Waals surface area contributed by atoms with Gasteiger partial charge < -0.3 is 10.2 Å². The number of rotatable bonds is 6. The van der Waals surface area contributed by atoms with Crippen LogP contribution in [-0.2, 0) is 0 Å².